The van der Waals surface area contributed by atoms with Gasteiger partial charge in [0, 0.05) is 29.3 Å². The number of rotatable bonds is 5. The number of hydrogen-bond donors (Lipinski definition) is 0. The van der Waals surface area contributed by atoms with Crippen molar-refractivity contribution in [3.8, 4) is 11.3 Å². The third kappa shape index (κ3) is 4.58. The maximum atomic E-state index is 12.3. The van der Waals surface area contributed by atoms with Crippen LogP contribution in [-0.2, 0) is 6.54 Å². The summed E-state index contributed by atoms with van der Waals surface area (Å²) in [5, 5.41) is 10.7. The third-order valence-electron chi connectivity index (χ3n) is 3.81. The summed E-state index contributed by atoms with van der Waals surface area (Å²) in [7, 11) is 0. The van der Waals surface area contributed by atoms with Gasteiger partial charge in [0.15, 0.2) is 12.2 Å². The molecular weight excluding hydrogens is 398 g/mol. The minimum absolute atomic E-state index is 0. The Morgan fingerprint density at radius 3 is 2.46 bits per heavy atom. The lowest BCUT2D eigenvalue weighted by molar-refractivity contribution is -0.686. The number of aryl methyl sites for hydroxylation is 1. The first-order valence-corrected chi connectivity index (χ1v) is 7.73. The van der Waals surface area contributed by atoms with Gasteiger partial charge in [0.1, 0.15) is 0 Å². The molecule has 1 aromatic heterocycles. The Balaban J connectivity index is 0.00000243. The van der Waals surface area contributed by atoms with E-state index < -0.39 is 4.92 Å². The van der Waals surface area contributed by atoms with Gasteiger partial charge < -0.3 is 0 Å². The molecule has 0 saturated carbocycles. The van der Waals surface area contributed by atoms with E-state index in [1.54, 1.807) is 17.1 Å². The second kappa shape index (κ2) is 8.44. The minimum Gasteiger partial charge on any atom is -0.290 e. The number of aromatic nitrogens is 2. The molecule has 0 bridgehead atoms. The Hall–Kier alpha value is -2.93. The van der Waals surface area contributed by atoms with Crippen LogP contribution in [0.2, 0.25) is 0 Å². The molecule has 0 fully saturated rings. The van der Waals surface area contributed by atoms with Gasteiger partial charge in [0.05, 0.1) is 11.1 Å². The Morgan fingerprint density at radius 1 is 1.15 bits per heavy atom. The zero-order chi connectivity index (χ0) is 17.8. The molecule has 1 heterocycles. The average Bonchev–Trinajstić information content (AvgIpc) is 2.62. The van der Waals surface area contributed by atoms with Gasteiger partial charge in [-0.1, -0.05) is 23.8 Å². The molecule has 0 aliphatic heterocycles. The van der Waals surface area contributed by atoms with Crippen molar-refractivity contribution in [2.24, 2.45) is 0 Å². The van der Waals surface area contributed by atoms with E-state index in [0.29, 0.717) is 5.56 Å². The van der Waals surface area contributed by atoms with Crippen molar-refractivity contribution in [3.05, 3.63) is 88.4 Å². The number of Topliss-reactive ketones (excluding diaryl/α,β-unsaturated/α-hetero) is 1. The number of non-ortho nitro benzene ring substituents is 1. The molecule has 0 saturated heterocycles. The van der Waals surface area contributed by atoms with Crippen LogP contribution in [0, 0.1) is 17.0 Å². The fourth-order valence-corrected chi connectivity index (χ4v) is 2.48. The summed E-state index contributed by atoms with van der Waals surface area (Å²) in [6, 6.07) is 15.5. The van der Waals surface area contributed by atoms with Crippen molar-refractivity contribution in [1.29, 1.82) is 0 Å². The molecule has 0 N–H and O–H groups in total. The number of benzene rings is 2. The number of nitro benzene ring substituents is 1. The Bertz CT molecular complexity index is 926. The van der Waals surface area contributed by atoms with E-state index in [0.717, 1.165) is 16.8 Å². The van der Waals surface area contributed by atoms with Gasteiger partial charge >= 0.3 is 0 Å². The van der Waals surface area contributed by atoms with Gasteiger partial charge in [0.25, 0.3) is 12.0 Å². The first-order chi connectivity index (χ1) is 12.0. The van der Waals surface area contributed by atoms with Crippen LogP contribution in [0.4, 0.5) is 5.69 Å². The van der Waals surface area contributed by atoms with Crippen molar-refractivity contribution in [2.75, 3.05) is 0 Å². The monoisotopic (exact) mass is 414 g/mol. The molecule has 3 aromatic rings. The van der Waals surface area contributed by atoms with Gasteiger partial charge in [0.2, 0.25) is 5.78 Å². The fourth-order valence-electron chi connectivity index (χ4n) is 2.48. The summed E-state index contributed by atoms with van der Waals surface area (Å²) in [6.45, 7) is 2.15. The van der Waals surface area contributed by atoms with E-state index >= 15 is 0 Å². The number of nitro groups is 1. The van der Waals surface area contributed by atoms with E-state index in [-0.39, 0.29) is 35.0 Å². The highest BCUT2D eigenvalue weighted by Gasteiger charge is 2.13. The zero-order valence-electron chi connectivity index (χ0n) is 14.0. The molecule has 0 amide bonds. The highest BCUT2D eigenvalue weighted by molar-refractivity contribution is 8.93. The Morgan fingerprint density at radius 2 is 1.88 bits per heavy atom. The predicted octanol–water partition coefficient (Wildman–Crippen LogP) is 3.71. The molecule has 0 unspecified atom stereocenters. The topological polar surface area (TPSA) is 77.0 Å². The molecule has 6 nitrogen and oxygen atoms in total. The van der Waals surface area contributed by atoms with Crippen LogP contribution in [0.1, 0.15) is 15.9 Å². The van der Waals surface area contributed by atoms with E-state index in [1.165, 1.54) is 24.3 Å². The maximum Gasteiger partial charge on any atom is 0.287 e. The standard InChI is InChI=1S/C19H16N3O3.BrH/c1-14-3-2-4-16(11-14)18-9-10-21(13-20-18)12-19(23)15-5-7-17(8-6-15)22(24)25;/h2-11,13H,12H2,1H3;1H/q+1;. The molecular formula is C19H17BrN3O3+. The minimum atomic E-state index is -0.489. The van der Waals surface area contributed by atoms with Crippen LogP contribution in [-0.4, -0.2) is 15.7 Å². The molecule has 26 heavy (non-hydrogen) atoms. The van der Waals surface area contributed by atoms with E-state index in [9.17, 15) is 14.9 Å². The Labute approximate surface area is 161 Å². The number of nitrogens with zero attached hydrogens (tertiary/aromatic N) is 3. The van der Waals surface area contributed by atoms with Crippen molar-refractivity contribution >= 4 is 28.5 Å². The summed E-state index contributed by atoms with van der Waals surface area (Å²) in [5.41, 5.74) is 3.41. The largest absolute Gasteiger partial charge is 0.290 e. The predicted molar refractivity (Wildman–Crippen MR) is 102 cm³/mol. The van der Waals surface area contributed by atoms with Gasteiger partial charge in [-0.3, -0.25) is 14.9 Å². The highest BCUT2D eigenvalue weighted by Crippen LogP contribution is 2.16. The summed E-state index contributed by atoms with van der Waals surface area (Å²) in [6.07, 6.45) is 3.41. The SMILES string of the molecule is Br.Cc1cccc(-c2cc[n+](CC(=O)c3ccc([N+](=O)[O-])cc3)cn2)c1. The van der Waals surface area contributed by atoms with Crippen LogP contribution in [0.3, 0.4) is 0 Å². The van der Waals surface area contributed by atoms with Crippen molar-refractivity contribution < 1.29 is 14.3 Å². The van der Waals surface area contributed by atoms with Crippen molar-refractivity contribution in [3.63, 3.8) is 0 Å². The molecule has 0 atom stereocenters. The maximum absolute atomic E-state index is 12.3. The first-order valence-electron chi connectivity index (χ1n) is 7.73. The fraction of sp³-hybridized carbons (Fsp3) is 0.105. The van der Waals surface area contributed by atoms with E-state index in [2.05, 4.69) is 11.1 Å². The Kier molecular flexibility index (Phi) is 6.30. The summed E-state index contributed by atoms with van der Waals surface area (Å²) < 4.78 is 1.68. The van der Waals surface area contributed by atoms with Gasteiger partial charge in [-0.15, -0.1) is 17.0 Å². The smallest absolute Gasteiger partial charge is 0.287 e. The highest BCUT2D eigenvalue weighted by atomic mass is 79.9. The van der Waals surface area contributed by atoms with E-state index in [1.807, 2.05) is 31.2 Å². The second-order valence-corrected chi connectivity index (χ2v) is 5.71. The third-order valence-corrected chi connectivity index (χ3v) is 3.81. The zero-order valence-corrected chi connectivity index (χ0v) is 15.7. The number of carbonyl (C=O) groups excluding carboxylic acids is 1. The van der Waals surface area contributed by atoms with Gasteiger partial charge in [-0.25, -0.2) is 4.57 Å². The van der Waals surface area contributed by atoms with Crippen molar-refractivity contribution in [1.82, 2.24) is 4.98 Å². The normalized spacial score (nSPS) is 10.0. The van der Waals surface area contributed by atoms with Crippen LogP contribution in [0.15, 0.2) is 67.1 Å². The van der Waals surface area contributed by atoms with Crippen molar-refractivity contribution in [2.45, 2.75) is 13.5 Å². The molecule has 0 aliphatic carbocycles. The number of ketones is 1. The molecule has 7 heteroatoms. The molecule has 0 spiro atoms. The first kappa shape index (κ1) is 19.4. The second-order valence-electron chi connectivity index (χ2n) is 5.71. The number of carbonyl (C=O) groups is 1. The van der Waals surface area contributed by atoms with Gasteiger partial charge in [-0.2, -0.15) is 0 Å². The lowest BCUT2D eigenvalue weighted by atomic mass is 10.1. The van der Waals surface area contributed by atoms with Crippen LogP contribution in [0.25, 0.3) is 11.3 Å². The van der Waals surface area contributed by atoms with E-state index in [4.69, 9.17) is 0 Å². The summed E-state index contributed by atoms with van der Waals surface area (Å²) in [5.74, 6) is -0.134. The number of halogens is 1. The molecule has 2 aromatic carbocycles. The lowest BCUT2D eigenvalue weighted by Crippen LogP contribution is -2.37. The molecule has 0 aliphatic rings. The lowest BCUT2D eigenvalue weighted by Gasteiger charge is -2.01. The molecule has 3 rings (SSSR count). The van der Waals surface area contributed by atoms with Crippen LogP contribution in [0.5, 0.6) is 0 Å². The number of hydrogen-bond acceptors (Lipinski definition) is 4. The quantitative estimate of drug-likeness (QED) is 0.276. The molecule has 132 valence electrons. The average molecular weight is 415 g/mol. The van der Waals surface area contributed by atoms with Gasteiger partial charge in [-0.05, 0) is 30.1 Å². The van der Waals surface area contributed by atoms with Crippen LogP contribution >= 0.6 is 17.0 Å². The van der Waals surface area contributed by atoms with Crippen LogP contribution < -0.4 is 4.57 Å². The molecule has 0 radical (unpaired) electrons. The summed E-state index contributed by atoms with van der Waals surface area (Å²) >= 11 is 0. The summed E-state index contributed by atoms with van der Waals surface area (Å²) in [4.78, 5) is 26.8.